The molecule has 0 radical (unpaired) electrons. The van der Waals surface area contributed by atoms with Crippen LogP contribution in [-0.2, 0) is 11.2 Å². The van der Waals surface area contributed by atoms with Crippen LogP contribution in [0, 0.1) is 5.92 Å². The first kappa shape index (κ1) is 24.2. The number of piperidine rings is 1. The number of carbonyl (C=O) groups excluding carboxylic acids is 4. The number of nitrogens with zero attached hydrogens (tertiary/aromatic N) is 4. The zero-order chi connectivity index (χ0) is 25.2. The Hall–Kier alpha value is -3.52. The van der Waals surface area contributed by atoms with E-state index in [0.717, 1.165) is 31.7 Å². The Bertz CT molecular complexity index is 1170. The van der Waals surface area contributed by atoms with Crippen LogP contribution in [0.5, 0.6) is 0 Å². The minimum Gasteiger partial charge on any atom is -0.340 e. The van der Waals surface area contributed by atoms with Crippen LogP contribution in [0.3, 0.4) is 0 Å². The maximum absolute atomic E-state index is 13.2. The van der Waals surface area contributed by atoms with Gasteiger partial charge in [-0.1, -0.05) is 30.3 Å². The van der Waals surface area contributed by atoms with Gasteiger partial charge in [0.2, 0.25) is 5.91 Å². The summed E-state index contributed by atoms with van der Waals surface area (Å²) < 4.78 is 0. The molecular weight excluding hydrogens is 456 g/mol. The van der Waals surface area contributed by atoms with E-state index in [9.17, 15) is 19.2 Å². The van der Waals surface area contributed by atoms with Crippen molar-refractivity contribution in [3.8, 4) is 0 Å². The molecular formula is C28H32N4O4. The molecule has 0 N–H and O–H groups in total. The van der Waals surface area contributed by atoms with E-state index in [0.29, 0.717) is 55.6 Å². The van der Waals surface area contributed by atoms with E-state index < -0.39 is 0 Å². The monoisotopic (exact) mass is 488 g/mol. The lowest BCUT2D eigenvalue weighted by Gasteiger charge is -2.37. The molecule has 3 aliphatic heterocycles. The molecule has 188 valence electrons. The van der Waals surface area contributed by atoms with Gasteiger partial charge < -0.3 is 14.7 Å². The van der Waals surface area contributed by atoms with Gasteiger partial charge in [0.1, 0.15) is 0 Å². The van der Waals surface area contributed by atoms with Gasteiger partial charge in [-0.25, -0.2) is 0 Å². The topological polar surface area (TPSA) is 81.2 Å². The lowest BCUT2D eigenvalue weighted by Crippen LogP contribution is -2.51. The highest BCUT2D eigenvalue weighted by Gasteiger charge is 2.37. The molecule has 36 heavy (non-hydrogen) atoms. The van der Waals surface area contributed by atoms with Crippen molar-refractivity contribution in [3.05, 3.63) is 70.8 Å². The maximum atomic E-state index is 13.2. The lowest BCUT2D eigenvalue weighted by atomic mass is 9.94. The summed E-state index contributed by atoms with van der Waals surface area (Å²) in [5, 5.41) is 0. The molecule has 2 aromatic rings. The third-order valence-corrected chi connectivity index (χ3v) is 7.63. The van der Waals surface area contributed by atoms with Gasteiger partial charge in [0.25, 0.3) is 17.7 Å². The fourth-order valence-electron chi connectivity index (χ4n) is 5.31. The molecule has 0 bridgehead atoms. The van der Waals surface area contributed by atoms with Gasteiger partial charge in [-0.05, 0) is 50.1 Å². The van der Waals surface area contributed by atoms with E-state index in [1.807, 2.05) is 35.2 Å². The van der Waals surface area contributed by atoms with Crippen molar-refractivity contribution in [2.45, 2.75) is 19.3 Å². The third-order valence-electron chi connectivity index (χ3n) is 7.63. The quantitative estimate of drug-likeness (QED) is 0.603. The lowest BCUT2D eigenvalue weighted by molar-refractivity contribution is -0.138. The summed E-state index contributed by atoms with van der Waals surface area (Å²) in [7, 11) is 2.07. The Labute approximate surface area is 211 Å². The molecule has 2 fully saturated rings. The first-order valence-corrected chi connectivity index (χ1v) is 12.7. The smallest absolute Gasteiger partial charge is 0.261 e. The summed E-state index contributed by atoms with van der Waals surface area (Å²) in [5.41, 5.74) is 2.10. The van der Waals surface area contributed by atoms with Crippen molar-refractivity contribution < 1.29 is 19.2 Å². The standard InChI is InChI=1S/C28H32N4O4/c1-29-15-17-31(18-16-29)25(33)21-10-12-30(13-11-21)26(34)22-7-8-23-24(19-22)28(36)32(27(23)35)14-9-20-5-3-2-4-6-20/h2-8,19,21H,9-18H2,1H3. The van der Waals surface area contributed by atoms with Crippen molar-refractivity contribution in [1.82, 2.24) is 19.6 Å². The van der Waals surface area contributed by atoms with E-state index >= 15 is 0 Å². The molecule has 4 amide bonds. The molecule has 0 unspecified atom stereocenters. The molecule has 5 rings (SSSR count). The highest BCUT2D eigenvalue weighted by molar-refractivity contribution is 6.22. The number of hydrogen-bond acceptors (Lipinski definition) is 5. The Kier molecular flexibility index (Phi) is 6.87. The van der Waals surface area contributed by atoms with Crippen LogP contribution >= 0.6 is 0 Å². The zero-order valence-electron chi connectivity index (χ0n) is 20.7. The number of benzene rings is 2. The van der Waals surface area contributed by atoms with Crippen molar-refractivity contribution in [1.29, 1.82) is 0 Å². The molecule has 3 aliphatic rings. The first-order chi connectivity index (χ1) is 17.4. The molecule has 0 atom stereocenters. The Morgan fingerprint density at radius 3 is 2.17 bits per heavy atom. The molecule has 2 saturated heterocycles. The molecule has 8 nitrogen and oxygen atoms in total. The Morgan fingerprint density at radius 1 is 0.806 bits per heavy atom. The average Bonchev–Trinajstić information content (AvgIpc) is 3.16. The van der Waals surface area contributed by atoms with Crippen LogP contribution in [-0.4, -0.2) is 96.1 Å². The van der Waals surface area contributed by atoms with Gasteiger partial charge in [0.05, 0.1) is 11.1 Å². The number of likely N-dealkylation sites (tertiary alicyclic amines) is 1. The molecule has 0 aromatic heterocycles. The SMILES string of the molecule is CN1CCN(C(=O)C2CCN(C(=O)c3ccc4c(c3)C(=O)N(CCc3ccccc3)C4=O)CC2)CC1. The van der Waals surface area contributed by atoms with Gasteiger partial charge in [-0.3, -0.25) is 24.1 Å². The van der Waals surface area contributed by atoms with Gasteiger partial charge in [0, 0.05) is 57.3 Å². The van der Waals surface area contributed by atoms with E-state index in [-0.39, 0.29) is 29.5 Å². The summed E-state index contributed by atoms with van der Waals surface area (Å²) >= 11 is 0. The number of imide groups is 1. The van der Waals surface area contributed by atoms with Crippen molar-refractivity contribution in [2.75, 3.05) is 52.9 Å². The minimum atomic E-state index is -0.350. The second-order valence-corrected chi connectivity index (χ2v) is 9.95. The van der Waals surface area contributed by atoms with Crippen LogP contribution in [0.4, 0.5) is 0 Å². The molecule has 8 heteroatoms. The Morgan fingerprint density at radius 2 is 1.47 bits per heavy atom. The van der Waals surface area contributed by atoms with Crippen LogP contribution in [0.1, 0.15) is 49.5 Å². The number of piperazine rings is 1. The third kappa shape index (κ3) is 4.78. The number of fused-ring (bicyclic) bond motifs is 1. The summed E-state index contributed by atoms with van der Waals surface area (Å²) in [6.07, 6.45) is 1.87. The van der Waals surface area contributed by atoms with Crippen LogP contribution in [0.25, 0.3) is 0 Å². The largest absolute Gasteiger partial charge is 0.340 e. The maximum Gasteiger partial charge on any atom is 0.261 e. The second-order valence-electron chi connectivity index (χ2n) is 9.95. The highest BCUT2D eigenvalue weighted by atomic mass is 16.2. The first-order valence-electron chi connectivity index (χ1n) is 12.7. The van der Waals surface area contributed by atoms with Gasteiger partial charge >= 0.3 is 0 Å². The van der Waals surface area contributed by atoms with E-state index in [1.165, 1.54) is 4.90 Å². The van der Waals surface area contributed by atoms with E-state index in [1.54, 1.807) is 23.1 Å². The minimum absolute atomic E-state index is 0.0464. The Balaban J connectivity index is 1.20. The van der Waals surface area contributed by atoms with Crippen molar-refractivity contribution >= 4 is 23.6 Å². The van der Waals surface area contributed by atoms with Gasteiger partial charge in [-0.2, -0.15) is 0 Å². The molecule has 0 spiro atoms. The number of rotatable bonds is 5. The number of amides is 4. The summed E-state index contributed by atoms with van der Waals surface area (Å²) in [6.45, 7) is 4.64. The van der Waals surface area contributed by atoms with Gasteiger partial charge in [0.15, 0.2) is 0 Å². The van der Waals surface area contributed by atoms with Gasteiger partial charge in [-0.15, -0.1) is 0 Å². The fourth-order valence-corrected chi connectivity index (χ4v) is 5.31. The summed E-state index contributed by atoms with van der Waals surface area (Å²) in [6, 6.07) is 14.5. The van der Waals surface area contributed by atoms with Crippen LogP contribution in [0.2, 0.25) is 0 Å². The van der Waals surface area contributed by atoms with E-state index in [4.69, 9.17) is 0 Å². The molecule has 3 heterocycles. The number of hydrogen-bond donors (Lipinski definition) is 0. The molecule has 0 aliphatic carbocycles. The normalized spacial score (nSPS) is 19.1. The fraction of sp³-hybridized carbons (Fsp3) is 0.429. The predicted molar refractivity (Wildman–Crippen MR) is 135 cm³/mol. The zero-order valence-corrected chi connectivity index (χ0v) is 20.7. The van der Waals surface area contributed by atoms with Crippen LogP contribution in [0.15, 0.2) is 48.5 Å². The molecule has 2 aromatic carbocycles. The number of likely N-dealkylation sites (N-methyl/N-ethyl adjacent to an activating group) is 1. The molecule has 0 saturated carbocycles. The van der Waals surface area contributed by atoms with Crippen molar-refractivity contribution in [3.63, 3.8) is 0 Å². The average molecular weight is 489 g/mol. The van der Waals surface area contributed by atoms with Crippen molar-refractivity contribution in [2.24, 2.45) is 5.92 Å². The summed E-state index contributed by atoms with van der Waals surface area (Å²) in [4.78, 5) is 59.1. The van der Waals surface area contributed by atoms with Crippen LogP contribution < -0.4 is 0 Å². The second kappa shape index (κ2) is 10.2. The van der Waals surface area contributed by atoms with E-state index in [2.05, 4.69) is 11.9 Å². The predicted octanol–water partition coefficient (Wildman–Crippen LogP) is 2.15. The highest BCUT2D eigenvalue weighted by Crippen LogP contribution is 2.27. The number of carbonyl (C=O) groups is 4. The summed E-state index contributed by atoms with van der Waals surface area (Å²) in [5.74, 6) is -0.668.